The largest absolute Gasteiger partial charge is 0.420 e. The highest BCUT2D eigenvalue weighted by atomic mass is 32.1. The Hall–Kier alpha value is -1.99. The van der Waals surface area contributed by atoms with Gasteiger partial charge in [-0.3, -0.25) is 4.79 Å². The highest BCUT2D eigenvalue weighted by Gasteiger charge is 2.17. The molecule has 0 saturated carbocycles. The van der Waals surface area contributed by atoms with Crippen LogP contribution in [0, 0.1) is 6.92 Å². The van der Waals surface area contributed by atoms with E-state index in [-0.39, 0.29) is 11.8 Å². The van der Waals surface area contributed by atoms with Crippen LogP contribution in [0.15, 0.2) is 28.0 Å². The molecule has 0 bridgehead atoms. The molecule has 3 aromatic rings. The Morgan fingerprint density at radius 1 is 1.36 bits per heavy atom. The van der Waals surface area contributed by atoms with Gasteiger partial charge in [0, 0.05) is 10.8 Å². The highest BCUT2D eigenvalue weighted by Crippen LogP contribution is 2.34. The van der Waals surface area contributed by atoms with E-state index in [1.165, 1.54) is 22.7 Å². The minimum absolute atomic E-state index is 0.101. The standard InChI is InChI=1S/C15H15N3O2S2/c1-8(2)14-17-18-15(20-14)12-7-10(9(3)22-12)16-13(19)11-5-4-6-21-11/h4-8H,1-3H3,(H,16,19). The summed E-state index contributed by atoms with van der Waals surface area (Å²) in [5.41, 5.74) is 0.780. The number of anilines is 1. The minimum Gasteiger partial charge on any atom is -0.420 e. The van der Waals surface area contributed by atoms with Gasteiger partial charge in [0.25, 0.3) is 11.8 Å². The first-order valence-electron chi connectivity index (χ1n) is 6.83. The van der Waals surface area contributed by atoms with Crippen molar-refractivity contribution in [3.63, 3.8) is 0 Å². The average molecular weight is 333 g/mol. The molecule has 114 valence electrons. The van der Waals surface area contributed by atoms with Gasteiger partial charge in [0.2, 0.25) is 5.89 Å². The smallest absolute Gasteiger partial charge is 0.265 e. The minimum atomic E-state index is -0.101. The zero-order chi connectivity index (χ0) is 15.7. The van der Waals surface area contributed by atoms with Gasteiger partial charge in [-0.1, -0.05) is 19.9 Å². The summed E-state index contributed by atoms with van der Waals surface area (Å²) in [4.78, 5) is 14.7. The van der Waals surface area contributed by atoms with Crippen molar-refractivity contribution >= 4 is 34.3 Å². The van der Waals surface area contributed by atoms with Crippen molar-refractivity contribution in [2.75, 3.05) is 5.32 Å². The van der Waals surface area contributed by atoms with Crippen molar-refractivity contribution < 1.29 is 9.21 Å². The number of hydrogen-bond acceptors (Lipinski definition) is 6. The first-order valence-corrected chi connectivity index (χ1v) is 8.53. The maximum atomic E-state index is 12.1. The molecule has 0 fully saturated rings. The van der Waals surface area contributed by atoms with Crippen molar-refractivity contribution in [3.8, 4) is 10.8 Å². The molecule has 7 heteroatoms. The van der Waals surface area contributed by atoms with Crippen LogP contribution >= 0.6 is 22.7 Å². The van der Waals surface area contributed by atoms with Crippen LogP contribution in [0.2, 0.25) is 0 Å². The molecule has 3 aromatic heterocycles. The van der Waals surface area contributed by atoms with Gasteiger partial charge < -0.3 is 9.73 Å². The van der Waals surface area contributed by atoms with E-state index >= 15 is 0 Å². The number of thiophene rings is 2. The third-order valence-electron chi connectivity index (χ3n) is 3.06. The molecule has 0 aliphatic rings. The lowest BCUT2D eigenvalue weighted by atomic mass is 10.2. The number of nitrogens with one attached hydrogen (secondary N) is 1. The van der Waals surface area contributed by atoms with Crippen molar-refractivity contribution in [2.45, 2.75) is 26.7 Å². The van der Waals surface area contributed by atoms with Crippen molar-refractivity contribution in [2.24, 2.45) is 0 Å². The number of amides is 1. The van der Waals surface area contributed by atoms with Crippen LogP contribution in [0.5, 0.6) is 0 Å². The lowest BCUT2D eigenvalue weighted by Crippen LogP contribution is -2.09. The number of carbonyl (C=O) groups is 1. The predicted molar refractivity (Wildman–Crippen MR) is 88.7 cm³/mol. The number of nitrogens with zero attached hydrogens (tertiary/aromatic N) is 2. The molecular weight excluding hydrogens is 318 g/mol. The fourth-order valence-corrected chi connectivity index (χ4v) is 3.39. The Morgan fingerprint density at radius 3 is 2.82 bits per heavy atom. The number of rotatable bonds is 4. The van der Waals surface area contributed by atoms with Gasteiger partial charge in [0.1, 0.15) is 0 Å². The molecule has 0 aromatic carbocycles. The summed E-state index contributed by atoms with van der Waals surface area (Å²) in [6, 6.07) is 5.54. The summed E-state index contributed by atoms with van der Waals surface area (Å²) in [6.07, 6.45) is 0. The molecule has 3 rings (SSSR count). The number of aryl methyl sites for hydroxylation is 1. The summed E-state index contributed by atoms with van der Waals surface area (Å²) >= 11 is 2.94. The first-order chi connectivity index (χ1) is 10.5. The van der Waals surface area contributed by atoms with Gasteiger partial charge in [0.05, 0.1) is 15.4 Å². The first kappa shape index (κ1) is 14.9. The molecule has 0 radical (unpaired) electrons. The summed E-state index contributed by atoms with van der Waals surface area (Å²) < 4.78 is 5.65. The summed E-state index contributed by atoms with van der Waals surface area (Å²) in [5.74, 6) is 1.20. The quantitative estimate of drug-likeness (QED) is 0.761. The zero-order valence-corrected chi connectivity index (χ0v) is 14.0. The van der Waals surface area contributed by atoms with Crippen molar-refractivity contribution in [1.82, 2.24) is 10.2 Å². The molecule has 0 saturated heterocycles. The van der Waals surface area contributed by atoms with E-state index in [0.29, 0.717) is 16.7 Å². The predicted octanol–water partition coefficient (Wildman–Crippen LogP) is 4.54. The Labute approximate surface area is 136 Å². The van der Waals surface area contributed by atoms with E-state index in [9.17, 15) is 4.79 Å². The number of aromatic nitrogens is 2. The van der Waals surface area contributed by atoms with Gasteiger partial charge in [-0.25, -0.2) is 0 Å². The number of hydrogen-bond donors (Lipinski definition) is 1. The molecular formula is C15H15N3O2S2. The van der Waals surface area contributed by atoms with Crippen LogP contribution < -0.4 is 5.32 Å². The lowest BCUT2D eigenvalue weighted by molar-refractivity contribution is 0.103. The summed E-state index contributed by atoms with van der Waals surface area (Å²) in [6.45, 7) is 5.96. The van der Waals surface area contributed by atoms with E-state index in [1.807, 2.05) is 38.3 Å². The van der Waals surface area contributed by atoms with Gasteiger partial charge in [-0.15, -0.1) is 32.9 Å². The van der Waals surface area contributed by atoms with E-state index in [1.54, 1.807) is 6.07 Å². The molecule has 0 atom stereocenters. The van der Waals surface area contributed by atoms with Crippen LogP contribution in [0.1, 0.15) is 40.2 Å². The molecule has 5 nitrogen and oxygen atoms in total. The summed E-state index contributed by atoms with van der Waals surface area (Å²) in [5, 5.41) is 12.9. The summed E-state index contributed by atoms with van der Waals surface area (Å²) in [7, 11) is 0. The number of carbonyl (C=O) groups excluding carboxylic acids is 1. The van der Waals surface area contributed by atoms with Gasteiger partial charge in [-0.05, 0) is 24.4 Å². The van der Waals surface area contributed by atoms with Gasteiger partial charge in [-0.2, -0.15) is 0 Å². The topological polar surface area (TPSA) is 68.0 Å². The zero-order valence-electron chi connectivity index (χ0n) is 12.4. The third kappa shape index (κ3) is 2.95. The van der Waals surface area contributed by atoms with E-state index in [2.05, 4.69) is 15.5 Å². The molecule has 3 heterocycles. The maximum Gasteiger partial charge on any atom is 0.265 e. The monoisotopic (exact) mass is 333 g/mol. The van der Waals surface area contributed by atoms with E-state index < -0.39 is 0 Å². The second-order valence-electron chi connectivity index (χ2n) is 5.11. The second-order valence-corrected chi connectivity index (χ2v) is 7.32. The second kappa shape index (κ2) is 6.02. The van der Waals surface area contributed by atoms with Crippen LogP contribution in [-0.4, -0.2) is 16.1 Å². The van der Waals surface area contributed by atoms with Crippen LogP contribution in [0.4, 0.5) is 5.69 Å². The van der Waals surface area contributed by atoms with E-state index in [4.69, 9.17) is 4.42 Å². The Balaban J connectivity index is 1.82. The molecule has 1 N–H and O–H groups in total. The van der Waals surface area contributed by atoms with Gasteiger partial charge >= 0.3 is 0 Å². The molecule has 1 amide bonds. The van der Waals surface area contributed by atoms with Crippen LogP contribution in [-0.2, 0) is 0 Å². The SMILES string of the molecule is Cc1sc(-c2nnc(C(C)C)o2)cc1NC(=O)c1cccs1. The molecule has 0 aliphatic heterocycles. The third-order valence-corrected chi connectivity index (χ3v) is 4.96. The molecule has 22 heavy (non-hydrogen) atoms. The Morgan fingerprint density at radius 2 is 2.18 bits per heavy atom. The van der Waals surface area contributed by atoms with E-state index in [0.717, 1.165) is 15.4 Å². The Kier molecular flexibility index (Phi) is 4.08. The molecule has 0 spiro atoms. The highest BCUT2D eigenvalue weighted by molar-refractivity contribution is 7.16. The molecule has 0 unspecified atom stereocenters. The van der Waals surface area contributed by atoms with Gasteiger partial charge in [0.15, 0.2) is 0 Å². The normalized spacial score (nSPS) is 11.1. The van der Waals surface area contributed by atoms with Crippen LogP contribution in [0.25, 0.3) is 10.8 Å². The molecule has 0 aliphatic carbocycles. The van der Waals surface area contributed by atoms with Crippen molar-refractivity contribution in [1.29, 1.82) is 0 Å². The lowest BCUT2D eigenvalue weighted by Gasteiger charge is -2.01. The van der Waals surface area contributed by atoms with Crippen LogP contribution in [0.3, 0.4) is 0 Å². The average Bonchev–Trinajstić information content (AvgIpc) is 3.18. The fourth-order valence-electron chi connectivity index (χ4n) is 1.87. The fraction of sp³-hybridized carbons (Fsp3) is 0.267. The van der Waals surface area contributed by atoms with Crippen molar-refractivity contribution in [3.05, 3.63) is 39.2 Å². The Bertz CT molecular complexity index is 788. The maximum absolute atomic E-state index is 12.1.